The molecular weight excluding hydrogens is 200 g/mol. The first-order chi connectivity index (χ1) is 7.62. The average molecular weight is 226 g/mol. The molecule has 1 unspecified atom stereocenters. The average Bonchev–Trinajstić information content (AvgIpc) is 2.29. The largest absolute Gasteiger partial charge is 0.395 e. The van der Waals surface area contributed by atoms with E-state index in [9.17, 15) is 5.11 Å². The van der Waals surface area contributed by atoms with E-state index in [0.717, 1.165) is 13.1 Å². The molecule has 0 amide bonds. The monoisotopic (exact) mass is 226 g/mol. The van der Waals surface area contributed by atoms with Crippen LogP contribution in [0.15, 0.2) is 0 Å². The zero-order chi connectivity index (χ0) is 11.6. The van der Waals surface area contributed by atoms with Gasteiger partial charge < -0.3 is 10.4 Å². The number of piperazine rings is 1. The van der Waals surface area contributed by atoms with Crippen LogP contribution in [0.1, 0.15) is 46.0 Å². The van der Waals surface area contributed by atoms with Crippen LogP contribution < -0.4 is 5.32 Å². The van der Waals surface area contributed by atoms with E-state index < -0.39 is 0 Å². The Bertz CT molecular complexity index is 224. The molecule has 0 aromatic carbocycles. The normalized spacial score (nSPS) is 32.8. The summed E-state index contributed by atoms with van der Waals surface area (Å²) < 4.78 is 0. The van der Waals surface area contributed by atoms with Crippen LogP contribution >= 0.6 is 0 Å². The Morgan fingerprint density at radius 1 is 1.25 bits per heavy atom. The highest BCUT2D eigenvalue weighted by Crippen LogP contribution is 2.27. The van der Waals surface area contributed by atoms with Crippen LogP contribution in [0.25, 0.3) is 0 Å². The molecule has 2 N–H and O–H groups in total. The van der Waals surface area contributed by atoms with E-state index in [4.69, 9.17) is 0 Å². The van der Waals surface area contributed by atoms with Crippen LogP contribution in [0.2, 0.25) is 0 Å². The Hall–Kier alpha value is -0.120. The summed E-state index contributed by atoms with van der Waals surface area (Å²) in [5.41, 5.74) is 0.198. The Morgan fingerprint density at radius 3 is 2.56 bits per heavy atom. The lowest BCUT2D eigenvalue weighted by molar-refractivity contribution is 0.0120. The van der Waals surface area contributed by atoms with Gasteiger partial charge in [0.25, 0.3) is 0 Å². The van der Waals surface area contributed by atoms with Crippen LogP contribution in [0.5, 0.6) is 0 Å². The number of nitrogens with one attached hydrogen (secondary N) is 1. The predicted octanol–water partition coefficient (Wildman–Crippen LogP) is 1.36. The summed E-state index contributed by atoms with van der Waals surface area (Å²) in [6, 6.07) is 1.04. The number of hydrogen-bond acceptors (Lipinski definition) is 3. The lowest BCUT2D eigenvalue weighted by atomic mass is 9.89. The molecule has 0 spiro atoms. The van der Waals surface area contributed by atoms with Gasteiger partial charge in [-0.2, -0.15) is 0 Å². The van der Waals surface area contributed by atoms with E-state index >= 15 is 0 Å². The first-order valence-electron chi connectivity index (χ1n) is 6.74. The molecule has 0 aromatic rings. The maximum absolute atomic E-state index is 9.48. The molecule has 1 atom stereocenters. The molecule has 3 heteroatoms. The van der Waals surface area contributed by atoms with Crippen molar-refractivity contribution >= 4 is 0 Å². The van der Waals surface area contributed by atoms with Crippen LogP contribution in [0.3, 0.4) is 0 Å². The van der Waals surface area contributed by atoms with Gasteiger partial charge in [0.2, 0.25) is 0 Å². The third-order valence-electron chi connectivity index (χ3n) is 4.12. The van der Waals surface area contributed by atoms with Gasteiger partial charge in [-0.05, 0) is 26.7 Å². The minimum atomic E-state index is 0.198. The fourth-order valence-corrected chi connectivity index (χ4v) is 3.16. The number of rotatable bonds is 2. The number of aliphatic hydroxyl groups excluding tert-OH is 1. The molecule has 1 aliphatic carbocycles. The summed E-state index contributed by atoms with van der Waals surface area (Å²) in [5.74, 6) is 0. The Balaban J connectivity index is 2.01. The molecule has 1 saturated heterocycles. The maximum Gasteiger partial charge on any atom is 0.0599 e. The van der Waals surface area contributed by atoms with Gasteiger partial charge in [-0.1, -0.05) is 19.3 Å². The van der Waals surface area contributed by atoms with Crippen LogP contribution in [-0.4, -0.2) is 47.3 Å². The summed E-state index contributed by atoms with van der Waals surface area (Å²) in [5, 5.41) is 13.0. The lowest BCUT2D eigenvalue weighted by Crippen LogP contribution is -2.65. The summed E-state index contributed by atoms with van der Waals surface area (Å²) in [4.78, 5) is 2.57. The molecule has 3 nitrogen and oxygen atoms in total. The predicted molar refractivity (Wildman–Crippen MR) is 66.5 cm³/mol. The molecule has 16 heavy (non-hydrogen) atoms. The van der Waals surface area contributed by atoms with Crippen molar-refractivity contribution in [1.29, 1.82) is 0 Å². The molecular formula is C13H26N2O. The minimum Gasteiger partial charge on any atom is -0.395 e. The van der Waals surface area contributed by atoms with Gasteiger partial charge in [-0.3, -0.25) is 4.90 Å². The molecule has 94 valence electrons. The minimum absolute atomic E-state index is 0.198. The first kappa shape index (κ1) is 12.3. The fraction of sp³-hybridized carbons (Fsp3) is 1.00. The molecule has 2 fully saturated rings. The summed E-state index contributed by atoms with van der Waals surface area (Å²) in [6.45, 7) is 6.81. The molecule has 0 bridgehead atoms. The van der Waals surface area contributed by atoms with Crippen molar-refractivity contribution in [1.82, 2.24) is 10.2 Å². The first-order valence-corrected chi connectivity index (χ1v) is 6.74. The smallest absolute Gasteiger partial charge is 0.0599 e. The highest BCUT2D eigenvalue weighted by molar-refractivity contribution is 4.95. The molecule has 0 radical (unpaired) electrons. The zero-order valence-corrected chi connectivity index (χ0v) is 10.7. The molecule has 2 aliphatic rings. The SMILES string of the molecule is CC1(C)CN(C2CCCCC2)C(CO)CN1. The Kier molecular flexibility index (Phi) is 3.88. The van der Waals surface area contributed by atoms with Crippen molar-refractivity contribution < 1.29 is 5.11 Å². The third-order valence-corrected chi connectivity index (χ3v) is 4.12. The summed E-state index contributed by atoms with van der Waals surface area (Å²) >= 11 is 0. The fourth-order valence-electron chi connectivity index (χ4n) is 3.16. The second kappa shape index (κ2) is 5.03. The summed E-state index contributed by atoms with van der Waals surface area (Å²) in [6.07, 6.45) is 6.79. The van der Waals surface area contributed by atoms with Crippen LogP contribution in [-0.2, 0) is 0 Å². The van der Waals surface area contributed by atoms with Gasteiger partial charge in [0.05, 0.1) is 6.61 Å². The van der Waals surface area contributed by atoms with Crippen molar-refractivity contribution in [2.24, 2.45) is 0 Å². The molecule has 0 aromatic heterocycles. The summed E-state index contributed by atoms with van der Waals surface area (Å²) in [7, 11) is 0. The highest BCUT2D eigenvalue weighted by atomic mass is 16.3. The van der Waals surface area contributed by atoms with Gasteiger partial charge in [0, 0.05) is 30.7 Å². The second-order valence-electron chi connectivity index (χ2n) is 6.07. The highest BCUT2D eigenvalue weighted by Gasteiger charge is 2.36. The number of hydrogen-bond donors (Lipinski definition) is 2. The van der Waals surface area contributed by atoms with Gasteiger partial charge in [-0.25, -0.2) is 0 Å². The third kappa shape index (κ3) is 2.76. The van der Waals surface area contributed by atoms with Gasteiger partial charge in [0.1, 0.15) is 0 Å². The van der Waals surface area contributed by atoms with E-state index in [1.807, 2.05) is 0 Å². The van der Waals surface area contributed by atoms with Gasteiger partial charge in [0.15, 0.2) is 0 Å². The van der Waals surface area contributed by atoms with Crippen molar-refractivity contribution in [3.63, 3.8) is 0 Å². The molecule has 1 saturated carbocycles. The van der Waals surface area contributed by atoms with E-state index in [2.05, 4.69) is 24.1 Å². The molecule has 1 aliphatic heterocycles. The maximum atomic E-state index is 9.48. The Morgan fingerprint density at radius 2 is 1.94 bits per heavy atom. The van der Waals surface area contributed by atoms with Crippen molar-refractivity contribution in [2.45, 2.75) is 63.6 Å². The molecule has 1 heterocycles. The van der Waals surface area contributed by atoms with Crippen LogP contribution in [0, 0.1) is 0 Å². The van der Waals surface area contributed by atoms with Crippen molar-refractivity contribution in [3.05, 3.63) is 0 Å². The quantitative estimate of drug-likeness (QED) is 0.746. The lowest BCUT2D eigenvalue weighted by Gasteiger charge is -2.48. The number of nitrogens with zero attached hydrogens (tertiary/aromatic N) is 1. The number of aliphatic hydroxyl groups is 1. The van der Waals surface area contributed by atoms with Crippen molar-refractivity contribution in [3.8, 4) is 0 Å². The molecule has 2 rings (SSSR count). The van der Waals surface area contributed by atoms with E-state index in [0.29, 0.717) is 18.7 Å². The zero-order valence-electron chi connectivity index (χ0n) is 10.7. The second-order valence-corrected chi connectivity index (χ2v) is 6.07. The van der Waals surface area contributed by atoms with Crippen molar-refractivity contribution in [2.75, 3.05) is 19.7 Å². The van der Waals surface area contributed by atoms with E-state index in [1.165, 1.54) is 32.1 Å². The Labute approximate surface area is 99.2 Å². The van der Waals surface area contributed by atoms with E-state index in [-0.39, 0.29) is 5.54 Å². The van der Waals surface area contributed by atoms with Gasteiger partial charge >= 0.3 is 0 Å². The van der Waals surface area contributed by atoms with Crippen LogP contribution in [0.4, 0.5) is 0 Å². The van der Waals surface area contributed by atoms with E-state index in [1.54, 1.807) is 0 Å². The van der Waals surface area contributed by atoms with Gasteiger partial charge in [-0.15, -0.1) is 0 Å². The standard InChI is InChI=1S/C13H26N2O/c1-13(2)10-15(12(9-16)8-14-13)11-6-4-3-5-7-11/h11-12,14,16H,3-10H2,1-2H3. The topological polar surface area (TPSA) is 35.5 Å².